The quantitative estimate of drug-likeness (QED) is 0.626. The van der Waals surface area contributed by atoms with Crippen LogP contribution in [0, 0.1) is 0 Å². The molecule has 0 radical (unpaired) electrons. The molecule has 19 heavy (non-hydrogen) atoms. The fraction of sp³-hybridized carbons (Fsp3) is 0.143. The van der Waals surface area contributed by atoms with E-state index in [1.165, 1.54) is 7.11 Å². The number of hydrogen-bond donors (Lipinski definition) is 0. The largest absolute Gasteiger partial charge is 0.465 e. The number of halogens is 1. The highest BCUT2D eigenvalue weighted by atomic mass is 79.9. The summed E-state index contributed by atoms with van der Waals surface area (Å²) in [4.78, 5) is 15.7. The maximum absolute atomic E-state index is 11.4. The Labute approximate surface area is 124 Å². The smallest absolute Gasteiger partial charge is 0.337 e. The first kappa shape index (κ1) is 14.1. The van der Waals surface area contributed by atoms with Crippen molar-refractivity contribution in [3.05, 3.63) is 58.2 Å². The molecule has 3 nitrogen and oxygen atoms in total. The normalized spacial score (nSPS) is 10.2. The van der Waals surface area contributed by atoms with Crippen LogP contribution < -0.4 is 0 Å². The number of benzene rings is 1. The third kappa shape index (κ3) is 4.08. The van der Waals surface area contributed by atoms with Gasteiger partial charge in [0.2, 0.25) is 0 Å². The molecule has 1 aromatic heterocycles. The van der Waals surface area contributed by atoms with Crippen LogP contribution in [0.15, 0.2) is 52.1 Å². The van der Waals surface area contributed by atoms with E-state index in [0.717, 1.165) is 20.8 Å². The van der Waals surface area contributed by atoms with E-state index in [1.807, 2.05) is 30.3 Å². The van der Waals surface area contributed by atoms with Crippen molar-refractivity contribution in [2.75, 3.05) is 7.11 Å². The summed E-state index contributed by atoms with van der Waals surface area (Å²) in [5, 5.41) is 0.951. The number of rotatable bonds is 4. The number of hydrogen-bond acceptors (Lipinski definition) is 4. The number of thioether (sulfide) groups is 1. The van der Waals surface area contributed by atoms with E-state index in [4.69, 9.17) is 4.74 Å². The van der Waals surface area contributed by atoms with Gasteiger partial charge in [-0.25, -0.2) is 9.78 Å². The highest BCUT2D eigenvalue weighted by Gasteiger charge is 2.06. The third-order valence-electron chi connectivity index (χ3n) is 2.44. The van der Waals surface area contributed by atoms with Crippen LogP contribution in [0.3, 0.4) is 0 Å². The second kappa shape index (κ2) is 6.73. The van der Waals surface area contributed by atoms with Crippen LogP contribution >= 0.6 is 27.7 Å². The molecule has 0 aliphatic carbocycles. The first-order chi connectivity index (χ1) is 9.19. The van der Waals surface area contributed by atoms with E-state index in [1.54, 1.807) is 24.0 Å². The van der Waals surface area contributed by atoms with Crippen molar-refractivity contribution in [2.45, 2.75) is 10.8 Å². The minimum atomic E-state index is -0.311. The lowest BCUT2D eigenvalue weighted by molar-refractivity contribution is 0.0600. The predicted octanol–water partition coefficient (Wildman–Crippen LogP) is 3.92. The van der Waals surface area contributed by atoms with Gasteiger partial charge in [-0.3, -0.25) is 0 Å². The lowest BCUT2D eigenvalue weighted by Crippen LogP contribution is -2.01. The van der Waals surface area contributed by atoms with Gasteiger partial charge in [0.15, 0.2) is 0 Å². The number of carbonyl (C=O) groups excluding carboxylic acids is 1. The van der Waals surface area contributed by atoms with Gasteiger partial charge in [-0.2, -0.15) is 0 Å². The van der Waals surface area contributed by atoms with E-state index in [2.05, 4.69) is 20.9 Å². The molecule has 98 valence electrons. The standard InChI is InChI=1S/C14H12BrNO2S/c1-18-14(17)11-4-2-3-10(7-11)9-19-13-6-5-12(15)8-16-13/h2-8H,9H2,1H3. The Balaban J connectivity index is 2.03. The highest BCUT2D eigenvalue weighted by molar-refractivity contribution is 9.10. The van der Waals surface area contributed by atoms with Crippen molar-refractivity contribution in [2.24, 2.45) is 0 Å². The van der Waals surface area contributed by atoms with Gasteiger partial charge in [-0.05, 0) is 45.8 Å². The summed E-state index contributed by atoms with van der Waals surface area (Å²) in [5.74, 6) is 0.452. The van der Waals surface area contributed by atoms with Gasteiger partial charge >= 0.3 is 5.97 Å². The van der Waals surface area contributed by atoms with Crippen molar-refractivity contribution < 1.29 is 9.53 Å². The lowest BCUT2D eigenvalue weighted by Gasteiger charge is -2.04. The molecule has 0 amide bonds. The molecule has 0 N–H and O–H groups in total. The molecular formula is C14H12BrNO2S. The Morgan fingerprint density at radius 1 is 1.37 bits per heavy atom. The summed E-state index contributed by atoms with van der Waals surface area (Å²) < 4.78 is 5.67. The molecule has 0 aliphatic heterocycles. The summed E-state index contributed by atoms with van der Waals surface area (Å²) >= 11 is 4.98. The number of aromatic nitrogens is 1. The average Bonchev–Trinajstić information content (AvgIpc) is 2.46. The summed E-state index contributed by atoms with van der Waals surface area (Å²) in [7, 11) is 1.38. The maximum atomic E-state index is 11.4. The van der Waals surface area contributed by atoms with Crippen LogP contribution in [0.25, 0.3) is 0 Å². The fourth-order valence-electron chi connectivity index (χ4n) is 1.51. The van der Waals surface area contributed by atoms with Crippen molar-refractivity contribution >= 4 is 33.7 Å². The molecule has 0 saturated carbocycles. The van der Waals surface area contributed by atoms with Gasteiger partial charge in [-0.1, -0.05) is 12.1 Å². The molecule has 1 aromatic carbocycles. The van der Waals surface area contributed by atoms with Gasteiger partial charge < -0.3 is 4.74 Å². The molecular weight excluding hydrogens is 326 g/mol. The zero-order chi connectivity index (χ0) is 13.7. The van der Waals surface area contributed by atoms with Gasteiger partial charge in [0.25, 0.3) is 0 Å². The Morgan fingerprint density at radius 2 is 2.21 bits per heavy atom. The summed E-state index contributed by atoms with van der Waals surface area (Å²) in [6.45, 7) is 0. The molecule has 0 aliphatic rings. The highest BCUT2D eigenvalue weighted by Crippen LogP contribution is 2.22. The van der Waals surface area contributed by atoms with Crippen LogP contribution in [0.4, 0.5) is 0 Å². The van der Waals surface area contributed by atoms with E-state index >= 15 is 0 Å². The van der Waals surface area contributed by atoms with Crippen molar-refractivity contribution in [3.63, 3.8) is 0 Å². The van der Waals surface area contributed by atoms with Gasteiger partial charge in [0, 0.05) is 16.4 Å². The molecule has 0 fully saturated rings. The molecule has 5 heteroatoms. The van der Waals surface area contributed by atoms with Crippen LogP contribution in [0.5, 0.6) is 0 Å². The second-order valence-corrected chi connectivity index (χ2v) is 5.71. The van der Waals surface area contributed by atoms with Crippen LogP contribution in [-0.2, 0) is 10.5 Å². The van der Waals surface area contributed by atoms with E-state index in [9.17, 15) is 4.79 Å². The van der Waals surface area contributed by atoms with Crippen LogP contribution in [0.1, 0.15) is 15.9 Å². The molecule has 0 spiro atoms. The Morgan fingerprint density at radius 3 is 2.89 bits per heavy atom. The minimum absolute atomic E-state index is 0.311. The molecule has 0 unspecified atom stereocenters. The van der Waals surface area contributed by atoms with Crippen LogP contribution in [0.2, 0.25) is 0 Å². The first-order valence-electron chi connectivity index (χ1n) is 5.60. The molecule has 1 heterocycles. The van der Waals surface area contributed by atoms with E-state index < -0.39 is 0 Å². The average molecular weight is 338 g/mol. The first-order valence-corrected chi connectivity index (χ1v) is 7.38. The van der Waals surface area contributed by atoms with E-state index in [0.29, 0.717) is 5.56 Å². The number of carbonyl (C=O) groups is 1. The predicted molar refractivity (Wildman–Crippen MR) is 79.3 cm³/mol. The molecule has 2 aromatic rings. The maximum Gasteiger partial charge on any atom is 0.337 e. The molecule has 0 bridgehead atoms. The number of nitrogens with zero attached hydrogens (tertiary/aromatic N) is 1. The summed E-state index contributed by atoms with van der Waals surface area (Å²) in [6, 6.07) is 11.4. The zero-order valence-corrected chi connectivity index (χ0v) is 12.7. The number of esters is 1. The van der Waals surface area contributed by atoms with Gasteiger partial charge in [-0.15, -0.1) is 11.8 Å². The van der Waals surface area contributed by atoms with Crippen molar-refractivity contribution in [1.82, 2.24) is 4.98 Å². The minimum Gasteiger partial charge on any atom is -0.465 e. The Kier molecular flexibility index (Phi) is 4.99. The monoisotopic (exact) mass is 337 g/mol. The summed E-state index contributed by atoms with van der Waals surface area (Å²) in [5.41, 5.74) is 1.64. The fourth-order valence-corrected chi connectivity index (χ4v) is 2.53. The van der Waals surface area contributed by atoms with E-state index in [-0.39, 0.29) is 5.97 Å². The lowest BCUT2D eigenvalue weighted by atomic mass is 10.1. The Hall–Kier alpha value is -1.33. The topological polar surface area (TPSA) is 39.2 Å². The van der Waals surface area contributed by atoms with Crippen molar-refractivity contribution in [1.29, 1.82) is 0 Å². The van der Waals surface area contributed by atoms with Crippen molar-refractivity contribution in [3.8, 4) is 0 Å². The number of methoxy groups -OCH3 is 1. The molecule has 0 atom stereocenters. The molecule has 0 saturated heterocycles. The second-order valence-electron chi connectivity index (χ2n) is 3.80. The number of ether oxygens (including phenoxy) is 1. The van der Waals surface area contributed by atoms with Gasteiger partial charge in [0.1, 0.15) is 0 Å². The zero-order valence-electron chi connectivity index (χ0n) is 10.3. The Bertz CT molecular complexity index is 572. The third-order valence-corrected chi connectivity index (χ3v) is 3.92. The molecule has 2 rings (SSSR count). The van der Waals surface area contributed by atoms with Crippen LogP contribution in [-0.4, -0.2) is 18.1 Å². The van der Waals surface area contributed by atoms with Gasteiger partial charge in [0.05, 0.1) is 17.7 Å². The SMILES string of the molecule is COC(=O)c1cccc(CSc2ccc(Br)cn2)c1. The number of pyridine rings is 1. The summed E-state index contributed by atoms with van der Waals surface area (Å²) in [6.07, 6.45) is 1.77.